The van der Waals surface area contributed by atoms with Crippen molar-refractivity contribution in [1.82, 2.24) is 14.5 Å². The van der Waals surface area contributed by atoms with Crippen molar-refractivity contribution in [2.24, 2.45) is 0 Å². The van der Waals surface area contributed by atoms with Gasteiger partial charge in [0.1, 0.15) is 28.8 Å². The van der Waals surface area contributed by atoms with Gasteiger partial charge in [-0.1, -0.05) is 30.3 Å². The lowest BCUT2D eigenvalue weighted by atomic mass is 10.00. The quantitative estimate of drug-likeness (QED) is 0.279. The number of carbonyl (C=O) groups is 2. The molecule has 0 unspecified atom stereocenters. The molecule has 2 heterocycles. The van der Waals surface area contributed by atoms with Gasteiger partial charge in [0.2, 0.25) is 0 Å². The molecule has 1 fully saturated rings. The molecule has 41 heavy (non-hydrogen) atoms. The van der Waals surface area contributed by atoms with Gasteiger partial charge in [-0.2, -0.15) is 5.26 Å². The number of rotatable bonds is 5. The van der Waals surface area contributed by atoms with Gasteiger partial charge in [-0.25, -0.2) is 14.6 Å². The number of likely N-dealkylation sites (tertiary alicyclic amines) is 1. The van der Waals surface area contributed by atoms with E-state index in [4.69, 9.17) is 19.2 Å². The lowest BCUT2D eigenvalue weighted by Gasteiger charge is -2.33. The maximum atomic E-state index is 12.8. The molecule has 9 nitrogen and oxygen atoms in total. The molecule has 9 heteroatoms. The molecule has 1 saturated heterocycles. The van der Waals surface area contributed by atoms with Crippen LogP contribution in [0.4, 0.5) is 4.79 Å². The molecule has 0 N–H and O–H groups in total. The second-order valence-corrected chi connectivity index (χ2v) is 11.3. The van der Waals surface area contributed by atoms with E-state index in [0.717, 1.165) is 27.7 Å². The zero-order valence-electron chi connectivity index (χ0n) is 24.1. The first kappa shape index (κ1) is 28.0. The average Bonchev–Trinajstić information content (AvgIpc) is 3.25. The molecule has 0 radical (unpaired) electrons. The third-order valence-electron chi connectivity index (χ3n) is 7.30. The fourth-order valence-electron chi connectivity index (χ4n) is 5.27. The van der Waals surface area contributed by atoms with Crippen LogP contribution in [0.1, 0.15) is 60.9 Å². The number of amides is 1. The number of carbonyl (C=O) groups excluding carboxylic acids is 2. The summed E-state index contributed by atoms with van der Waals surface area (Å²) in [6.07, 6.45) is 0.692. The minimum absolute atomic E-state index is 0.186. The van der Waals surface area contributed by atoms with Gasteiger partial charge in [0, 0.05) is 38.5 Å². The predicted molar refractivity (Wildman–Crippen MR) is 155 cm³/mol. The number of nitrogens with zero attached hydrogens (tertiary/aromatic N) is 4. The van der Waals surface area contributed by atoms with Crippen LogP contribution in [0.3, 0.4) is 0 Å². The number of hydrogen-bond acceptors (Lipinski definition) is 7. The maximum absolute atomic E-state index is 12.8. The summed E-state index contributed by atoms with van der Waals surface area (Å²) in [6.45, 7) is 9.00. The Balaban J connectivity index is 1.45. The van der Waals surface area contributed by atoms with E-state index in [9.17, 15) is 14.9 Å². The van der Waals surface area contributed by atoms with E-state index in [1.54, 1.807) is 11.0 Å². The standard InChI is InChI=1S/C32H34N4O5/c1-20-34-27-16-26(30(37)39-5)29(40-23-12-14-35(15-13-23)31(38)41-32(2,3)4)17-28(27)36(20)19-22-11-10-21(18-33)24-8-6-7-9-25(22)24/h6-11,16-17,23H,12-15,19H2,1-5H3. The molecule has 0 atom stereocenters. The van der Waals surface area contributed by atoms with Crippen molar-refractivity contribution in [3.8, 4) is 11.8 Å². The maximum Gasteiger partial charge on any atom is 0.410 e. The van der Waals surface area contributed by atoms with Crippen molar-refractivity contribution >= 4 is 33.9 Å². The van der Waals surface area contributed by atoms with Gasteiger partial charge in [-0.3, -0.25) is 0 Å². The van der Waals surface area contributed by atoms with Crippen LogP contribution in [-0.4, -0.2) is 58.4 Å². The third-order valence-corrected chi connectivity index (χ3v) is 7.30. The van der Waals surface area contributed by atoms with Gasteiger partial charge < -0.3 is 23.7 Å². The van der Waals surface area contributed by atoms with Crippen LogP contribution >= 0.6 is 0 Å². The Morgan fingerprint density at radius 3 is 2.44 bits per heavy atom. The molecule has 0 spiro atoms. The van der Waals surface area contributed by atoms with Crippen LogP contribution in [0.2, 0.25) is 0 Å². The van der Waals surface area contributed by atoms with Crippen molar-refractivity contribution in [3.63, 3.8) is 0 Å². The normalized spacial score (nSPS) is 14.2. The molecular weight excluding hydrogens is 520 g/mol. The Morgan fingerprint density at radius 1 is 1.07 bits per heavy atom. The minimum atomic E-state index is -0.555. The van der Waals surface area contributed by atoms with E-state index in [0.29, 0.717) is 54.9 Å². The first-order valence-corrected chi connectivity index (χ1v) is 13.7. The zero-order chi connectivity index (χ0) is 29.3. The fourth-order valence-corrected chi connectivity index (χ4v) is 5.27. The highest BCUT2D eigenvalue weighted by Crippen LogP contribution is 2.32. The highest BCUT2D eigenvalue weighted by atomic mass is 16.6. The minimum Gasteiger partial charge on any atom is -0.489 e. The van der Waals surface area contributed by atoms with Crippen LogP contribution in [0.5, 0.6) is 5.75 Å². The van der Waals surface area contributed by atoms with Gasteiger partial charge in [0.25, 0.3) is 0 Å². The van der Waals surface area contributed by atoms with Gasteiger partial charge in [0.05, 0.1) is 29.8 Å². The van der Waals surface area contributed by atoms with Crippen molar-refractivity contribution in [2.45, 2.75) is 58.8 Å². The molecule has 3 aromatic carbocycles. The van der Waals surface area contributed by atoms with Gasteiger partial charge in [0.15, 0.2) is 0 Å². The number of aryl methyl sites for hydroxylation is 1. The molecule has 5 rings (SSSR count). The number of esters is 1. The van der Waals surface area contributed by atoms with Crippen LogP contribution < -0.4 is 4.74 Å². The number of ether oxygens (including phenoxy) is 3. The lowest BCUT2D eigenvalue weighted by molar-refractivity contribution is 0.0126. The number of methoxy groups -OCH3 is 1. The van der Waals surface area contributed by atoms with E-state index in [1.165, 1.54) is 7.11 Å². The number of imidazole rings is 1. The third kappa shape index (κ3) is 5.82. The smallest absolute Gasteiger partial charge is 0.410 e. The summed E-state index contributed by atoms with van der Waals surface area (Å²) in [7, 11) is 1.34. The molecule has 212 valence electrons. The van der Waals surface area contributed by atoms with Crippen molar-refractivity contribution in [2.75, 3.05) is 20.2 Å². The number of aromatic nitrogens is 2. The summed E-state index contributed by atoms with van der Waals surface area (Å²) in [5, 5.41) is 11.5. The second-order valence-electron chi connectivity index (χ2n) is 11.3. The highest BCUT2D eigenvalue weighted by molar-refractivity contribution is 5.97. The predicted octanol–water partition coefficient (Wildman–Crippen LogP) is 5.98. The molecule has 1 aliphatic heterocycles. The van der Waals surface area contributed by atoms with Crippen molar-refractivity contribution in [3.05, 3.63) is 71.0 Å². The SMILES string of the molecule is COC(=O)c1cc2nc(C)n(Cc3ccc(C#N)c4ccccc34)c2cc1OC1CCN(C(=O)OC(C)(C)C)CC1. The topological polar surface area (TPSA) is 107 Å². The summed E-state index contributed by atoms with van der Waals surface area (Å²) in [5.74, 6) is 0.705. The second kappa shape index (κ2) is 11.1. The van der Waals surface area contributed by atoms with Crippen LogP contribution in [0.15, 0.2) is 48.5 Å². The molecule has 1 aliphatic rings. The Hall–Kier alpha value is -4.58. The average molecular weight is 555 g/mol. The van der Waals surface area contributed by atoms with E-state index >= 15 is 0 Å². The number of fused-ring (bicyclic) bond motifs is 2. The fraction of sp³-hybridized carbons (Fsp3) is 0.375. The summed E-state index contributed by atoms with van der Waals surface area (Å²) in [6, 6.07) is 17.5. The highest BCUT2D eigenvalue weighted by Gasteiger charge is 2.29. The molecule has 0 bridgehead atoms. The van der Waals surface area contributed by atoms with E-state index in [2.05, 4.69) is 10.6 Å². The number of benzene rings is 3. The first-order chi connectivity index (χ1) is 19.6. The van der Waals surface area contributed by atoms with E-state index in [-0.39, 0.29) is 12.2 Å². The van der Waals surface area contributed by atoms with Crippen molar-refractivity contribution < 1.29 is 23.8 Å². The van der Waals surface area contributed by atoms with Crippen LogP contribution in [0.25, 0.3) is 21.8 Å². The number of nitriles is 1. The Labute approximate surface area is 239 Å². The molecule has 1 amide bonds. The summed E-state index contributed by atoms with van der Waals surface area (Å²) in [5.41, 5.74) is 2.92. The van der Waals surface area contributed by atoms with Crippen LogP contribution in [0, 0.1) is 18.3 Å². The molecule has 1 aromatic heterocycles. The van der Waals surface area contributed by atoms with E-state index in [1.807, 2.05) is 70.2 Å². The lowest BCUT2D eigenvalue weighted by Crippen LogP contribution is -2.44. The zero-order valence-corrected chi connectivity index (χ0v) is 24.1. The Kier molecular flexibility index (Phi) is 7.59. The van der Waals surface area contributed by atoms with E-state index < -0.39 is 11.6 Å². The summed E-state index contributed by atoms with van der Waals surface area (Å²) >= 11 is 0. The number of piperidine rings is 1. The molecular formula is C32H34N4O5. The molecule has 0 saturated carbocycles. The summed E-state index contributed by atoms with van der Waals surface area (Å²) < 4.78 is 19.1. The monoisotopic (exact) mass is 554 g/mol. The van der Waals surface area contributed by atoms with Crippen molar-refractivity contribution in [1.29, 1.82) is 5.26 Å². The van der Waals surface area contributed by atoms with Gasteiger partial charge in [-0.15, -0.1) is 0 Å². The van der Waals surface area contributed by atoms with Gasteiger partial charge >= 0.3 is 12.1 Å². The van der Waals surface area contributed by atoms with Crippen LogP contribution in [-0.2, 0) is 16.0 Å². The van der Waals surface area contributed by atoms with Gasteiger partial charge in [-0.05, 0) is 56.2 Å². The number of hydrogen-bond donors (Lipinski definition) is 0. The summed E-state index contributed by atoms with van der Waals surface area (Å²) in [4.78, 5) is 31.7. The largest absolute Gasteiger partial charge is 0.489 e. The Morgan fingerprint density at radius 2 is 1.78 bits per heavy atom. The first-order valence-electron chi connectivity index (χ1n) is 13.7. The molecule has 4 aromatic rings. The molecule has 0 aliphatic carbocycles. The Bertz CT molecular complexity index is 1670.